The first-order valence-corrected chi connectivity index (χ1v) is 11.1. The van der Waals surface area contributed by atoms with Gasteiger partial charge in [-0.3, -0.25) is 0 Å². The zero-order valence-electron chi connectivity index (χ0n) is 16.7. The Balaban J connectivity index is 1.41. The van der Waals surface area contributed by atoms with E-state index in [0.717, 1.165) is 0 Å². The van der Waals surface area contributed by atoms with Crippen LogP contribution >= 0.6 is 0 Å². The van der Waals surface area contributed by atoms with E-state index in [1.165, 1.54) is 18.4 Å². The number of rotatable bonds is 7. The van der Waals surface area contributed by atoms with E-state index in [1.807, 2.05) is 12.1 Å². The Morgan fingerprint density at radius 1 is 1.13 bits per heavy atom. The first-order valence-electron chi connectivity index (χ1n) is 9.61. The van der Waals surface area contributed by atoms with Gasteiger partial charge in [0.25, 0.3) is 0 Å². The number of benzene rings is 2. The van der Waals surface area contributed by atoms with E-state index in [4.69, 9.17) is 18.6 Å². The van der Waals surface area contributed by atoms with E-state index < -0.39 is 22.1 Å². The second kappa shape index (κ2) is 8.83. The van der Waals surface area contributed by atoms with Crippen LogP contribution in [0.15, 0.2) is 70.2 Å². The minimum Gasteiger partial charge on any atom is -0.486 e. The van der Waals surface area contributed by atoms with Crippen LogP contribution in [0.1, 0.15) is 21.7 Å². The highest BCUT2D eigenvalue weighted by Crippen LogP contribution is 2.31. The quantitative estimate of drug-likeness (QED) is 0.560. The van der Waals surface area contributed by atoms with E-state index in [0.29, 0.717) is 22.8 Å². The van der Waals surface area contributed by atoms with Gasteiger partial charge in [0.1, 0.15) is 19.0 Å². The van der Waals surface area contributed by atoms with Crippen LogP contribution in [0.5, 0.6) is 11.5 Å². The summed E-state index contributed by atoms with van der Waals surface area (Å²) in [7, 11) is -3.84. The predicted octanol–water partition coefficient (Wildman–Crippen LogP) is 3.06. The molecule has 1 aromatic heterocycles. The fourth-order valence-electron chi connectivity index (χ4n) is 3.04. The molecule has 31 heavy (non-hydrogen) atoms. The number of carbonyl (C=O) groups excluding carboxylic acids is 1. The maximum absolute atomic E-state index is 12.6. The van der Waals surface area contributed by atoms with E-state index in [2.05, 4.69) is 4.72 Å². The van der Waals surface area contributed by atoms with Gasteiger partial charge in [-0.1, -0.05) is 18.2 Å². The van der Waals surface area contributed by atoms with Gasteiger partial charge < -0.3 is 18.6 Å². The summed E-state index contributed by atoms with van der Waals surface area (Å²) in [6, 6.07) is 14.9. The maximum atomic E-state index is 12.6. The SMILES string of the molecule is Cc1ccc(S(=O)(=O)NCc2ccco2)cc1C(=O)OCC1COc2ccccc2O1. The van der Waals surface area contributed by atoms with E-state index >= 15 is 0 Å². The number of aryl methyl sites for hydroxylation is 1. The molecule has 1 aliphatic rings. The molecule has 2 heterocycles. The zero-order valence-corrected chi connectivity index (χ0v) is 17.6. The van der Waals surface area contributed by atoms with Crippen LogP contribution in [-0.2, 0) is 21.3 Å². The fourth-order valence-corrected chi connectivity index (χ4v) is 4.06. The number of furan rings is 1. The maximum Gasteiger partial charge on any atom is 0.338 e. The molecule has 0 radical (unpaired) electrons. The van der Waals surface area contributed by atoms with Crippen LogP contribution < -0.4 is 14.2 Å². The minimum absolute atomic E-state index is 0.00345. The van der Waals surface area contributed by atoms with Crippen LogP contribution in [0.25, 0.3) is 0 Å². The summed E-state index contributed by atoms with van der Waals surface area (Å²) >= 11 is 0. The van der Waals surface area contributed by atoms with Crippen molar-refractivity contribution < 1.29 is 31.8 Å². The van der Waals surface area contributed by atoms with Crippen molar-refractivity contribution in [1.29, 1.82) is 0 Å². The number of ether oxygens (including phenoxy) is 3. The third-order valence-corrected chi connectivity index (χ3v) is 6.12. The molecule has 0 saturated heterocycles. The summed E-state index contributed by atoms with van der Waals surface area (Å²) in [5.41, 5.74) is 0.763. The molecule has 8 nitrogen and oxygen atoms in total. The van der Waals surface area contributed by atoms with Crippen LogP contribution in [0.2, 0.25) is 0 Å². The number of esters is 1. The highest BCUT2D eigenvalue weighted by atomic mass is 32.2. The molecule has 0 saturated carbocycles. The Hall–Kier alpha value is -3.30. The molecule has 0 aliphatic carbocycles. The van der Waals surface area contributed by atoms with Gasteiger partial charge in [-0.15, -0.1) is 0 Å². The Morgan fingerprint density at radius 2 is 1.94 bits per heavy atom. The average Bonchev–Trinajstić information content (AvgIpc) is 3.30. The number of sulfonamides is 1. The zero-order chi connectivity index (χ0) is 21.8. The average molecular weight is 443 g/mol. The molecular weight excluding hydrogens is 422 g/mol. The highest BCUT2D eigenvalue weighted by Gasteiger charge is 2.24. The monoisotopic (exact) mass is 443 g/mol. The standard InChI is InChI=1S/C22H21NO7S/c1-15-8-9-18(31(25,26)23-12-16-5-4-10-27-16)11-19(15)22(24)29-14-17-13-28-20-6-2-3-7-21(20)30-17/h2-11,17,23H,12-14H2,1H3. The lowest BCUT2D eigenvalue weighted by Crippen LogP contribution is -2.34. The number of hydrogen-bond donors (Lipinski definition) is 1. The van der Waals surface area contributed by atoms with Gasteiger partial charge in [-0.25, -0.2) is 17.9 Å². The van der Waals surface area contributed by atoms with Gasteiger partial charge in [0.2, 0.25) is 10.0 Å². The molecule has 0 bridgehead atoms. The summed E-state index contributed by atoms with van der Waals surface area (Å²) < 4.78 is 49.5. The lowest BCUT2D eigenvalue weighted by atomic mass is 10.1. The number of hydrogen-bond acceptors (Lipinski definition) is 7. The molecule has 0 amide bonds. The Morgan fingerprint density at radius 3 is 2.71 bits per heavy atom. The highest BCUT2D eigenvalue weighted by molar-refractivity contribution is 7.89. The Kier molecular flexibility index (Phi) is 5.97. The molecule has 0 spiro atoms. The molecular formula is C22H21NO7S. The number of carbonyl (C=O) groups is 1. The van der Waals surface area contributed by atoms with Crippen molar-refractivity contribution in [3.8, 4) is 11.5 Å². The lowest BCUT2D eigenvalue weighted by Gasteiger charge is -2.26. The van der Waals surface area contributed by atoms with Gasteiger partial charge in [0, 0.05) is 0 Å². The van der Waals surface area contributed by atoms with Crippen molar-refractivity contribution in [1.82, 2.24) is 4.72 Å². The summed E-state index contributed by atoms with van der Waals surface area (Å²) in [6.45, 7) is 1.93. The minimum atomic E-state index is -3.84. The van der Waals surface area contributed by atoms with Gasteiger partial charge in [-0.05, 0) is 48.9 Å². The lowest BCUT2D eigenvalue weighted by molar-refractivity contribution is 0.0109. The topological polar surface area (TPSA) is 104 Å². The number of para-hydroxylation sites is 2. The van der Waals surface area contributed by atoms with E-state index in [9.17, 15) is 13.2 Å². The molecule has 9 heteroatoms. The largest absolute Gasteiger partial charge is 0.486 e. The van der Waals surface area contributed by atoms with Gasteiger partial charge in [0.15, 0.2) is 17.6 Å². The molecule has 1 aliphatic heterocycles. The number of nitrogens with one attached hydrogen (secondary N) is 1. The Labute approximate surface area is 179 Å². The summed E-state index contributed by atoms with van der Waals surface area (Å²) in [5, 5.41) is 0. The van der Waals surface area contributed by atoms with Gasteiger partial charge in [0.05, 0.1) is 23.3 Å². The molecule has 1 unspecified atom stereocenters. The molecule has 4 rings (SSSR count). The molecule has 1 atom stereocenters. The van der Waals surface area contributed by atoms with Crippen molar-refractivity contribution in [2.75, 3.05) is 13.2 Å². The van der Waals surface area contributed by atoms with Crippen molar-refractivity contribution in [3.63, 3.8) is 0 Å². The van der Waals surface area contributed by atoms with Gasteiger partial charge >= 0.3 is 5.97 Å². The number of fused-ring (bicyclic) bond motifs is 1. The van der Waals surface area contributed by atoms with Crippen molar-refractivity contribution >= 4 is 16.0 Å². The van der Waals surface area contributed by atoms with Crippen molar-refractivity contribution in [2.45, 2.75) is 24.5 Å². The molecule has 2 aromatic carbocycles. The molecule has 1 N–H and O–H groups in total. The fraction of sp³-hybridized carbons (Fsp3) is 0.227. The third kappa shape index (κ3) is 4.89. The van der Waals surface area contributed by atoms with Gasteiger partial charge in [-0.2, -0.15) is 0 Å². The predicted molar refractivity (Wildman–Crippen MR) is 111 cm³/mol. The smallest absolute Gasteiger partial charge is 0.338 e. The summed E-state index contributed by atoms with van der Waals surface area (Å²) in [6.07, 6.45) is 1.00. The second-order valence-corrected chi connectivity index (χ2v) is 8.74. The first kappa shape index (κ1) is 21.0. The van der Waals surface area contributed by atoms with E-state index in [-0.39, 0.29) is 30.2 Å². The van der Waals surface area contributed by atoms with E-state index in [1.54, 1.807) is 37.3 Å². The molecule has 0 fully saturated rings. The van der Waals surface area contributed by atoms with Crippen molar-refractivity contribution in [3.05, 3.63) is 77.7 Å². The normalized spacial score (nSPS) is 15.5. The Bertz CT molecular complexity index is 1170. The summed E-state index contributed by atoms with van der Waals surface area (Å²) in [4.78, 5) is 12.6. The van der Waals surface area contributed by atoms with Crippen LogP contribution in [-0.4, -0.2) is 33.7 Å². The second-order valence-electron chi connectivity index (χ2n) is 6.98. The summed E-state index contributed by atoms with van der Waals surface area (Å²) in [5.74, 6) is 1.07. The molecule has 3 aromatic rings. The third-order valence-electron chi connectivity index (χ3n) is 4.72. The first-order chi connectivity index (χ1) is 14.9. The van der Waals surface area contributed by atoms with Crippen molar-refractivity contribution in [2.24, 2.45) is 0 Å². The van der Waals surface area contributed by atoms with Crippen LogP contribution in [0, 0.1) is 6.92 Å². The van der Waals surface area contributed by atoms with Crippen LogP contribution in [0.4, 0.5) is 0 Å². The molecule has 162 valence electrons. The van der Waals surface area contributed by atoms with Crippen LogP contribution in [0.3, 0.4) is 0 Å².